The number of sulfonamides is 1. The maximum atomic E-state index is 13.0. The zero-order valence-corrected chi connectivity index (χ0v) is 16.8. The molecule has 1 atom stereocenters. The molecule has 2 N–H and O–H groups in total. The van der Waals surface area contributed by atoms with Gasteiger partial charge in [0.25, 0.3) is 5.91 Å². The summed E-state index contributed by atoms with van der Waals surface area (Å²) in [5.41, 5.74) is 0.380. The molecule has 1 amide bonds. The summed E-state index contributed by atoms with van der Waals surface area (Å²) in [4.78, 5) is 14.9. The number of methoxy groups -OCH3 is 1. The molecule has 0 radical (unpaired) electrons. The van der Waals surface area contributed by atoms with Gasteiger partial charge in [-0.1, -0.05) is 12.8 Å². The van der Waals surface area contributed by atoms with Gasteiger partial charge in [0.1, 0.15) is 10.6 Å². The molecule has 2 fully saturated rings. The topological polar surface area (TPSA) is 87.7 Å². The van der Waals surface area contributed by atoms with Gasteiger partial charge in [-0.3, -0.25) is 4.79 Å². The molecular weight excluding hydrogens is 366 g/mol. The summed E-state index contributed by atoms with van der Waals surface area (Å²) < 4.78 is 33.8. The summed E-state index contributed by atoms with van der Waals surface area (Å²) in [7, 11) is -0.440. The lowest BCUT2D eigenvalue weighted by atomic mass is 10.1. The first kappa shape index (κ1) is 20.1. The second-order valence-electron chi connectivity index (χ2n) is 7.32. The highest BCUT2D eigenvalue weighted by Gasteiger charge is 2.31. The molecule has 0 bridgehead atoms. The highest BCUT2D eigenvalue weighted by Crippen LogP contribution is 2.29. The molecule has 7 nitrogen and oxygen atoms in total. The van der Waals surface area contributed by atoms with Gasteiger partial charge in [-0.25, -0.2) is 13.1 Å². The van der Waals surface area contributed by atoms with Crippen LogP contribution in [-0.4, -0.2) is 58.6 Å². The Bertz CT molecular complexity index is 775. The Kier molecular flexibility index (Phi) is 6.39. The van der Waals surface area contributed by atoms with Crippen molar-refractivity contribution in [3.63, 3.8) is 0 Å². The van der Waals surface area contributed by atoms with Gasteiger partial charge in [0.15, 0.2) is 0 Å². The molecule has 1 saturated heterocycles. The molecular formula is C19H29N3O4S. The van der Waals surface area contributed by atoms with Crippen molar-refractivity contribution in [1.82, 2.24) is 14.9 Å². The van der Waals surface area contributed by atoms with E-state index >= 15 is 0 Å². The minimum Gasteiger partial charge on any atom is -0.495 e. The van der Waals surface area contributed by atoms with Crippen molar-refractivity contribution in [2.45, 2.75) is 55.5 Å². The van der Waals surface area contributed by atoms with Crippen LogP contribution in [0.2, 0.25) is 0 Å². The lowest BCUT2D eigenvalue weighted by Gasteiger charge is -2.25. The predicted octanol–water partition coefficient (Wildman–Crippen LogP) is 1.74. The van der Waals surface area contributed by atoms with Gasteiger partial charge in [0, 0.05) is 30.7 Å². The highest BCUT2D eigenvalue weighted by molar-refractivity contribution is 7.89. The lowest BCUT2D eigenvalue weighted by Crippen LogP contribution is -2.41. The monoisotopic (exact) mass is 395 g/mol. The summed E-state index contributed by atoms with van der Waals surface area (Å²) in [5.74, 6) is 0.123. The third-order valence-electron chi connectivity index (χ3n) is 5.45. The number of carbonyl (C=O) groups excluding carboxylic acids is 1. The number of ether oxygens (including phenoxy) is 1. The number of nitrogens with zero attached hydrogens (tertiary/aromatic N) is 1. The van der Waals surface area contributed by atoms with Crippen LogP contribution in [0, 0.1) is 0 Å². The van der Waals surface area contributed by atoms with Gasteiger partial charge in [-0.15, -0.1) is 0 Å². The van der Waals surface area contributed by atoms with E-state index in [1.165, 1.54) is 13.2 Å². The van der Waals surface area contributed by atoms with Crippen molar-refractivity contribution in [2.24, 2.45) is 0 Å². The van der Waals surface area contributed by atoms with Crippen LogP contribution >= 0.6 is 0 Å². The molecule has 0 aromatic heterocycles. The zero-order chi connectivity index (χ0) is 19.4. The molecule has 8 heteroatoms. The first-order valence-corrected chi connectivity index (χ1v) is 11.1. The maximum absolute atomic E-state index is 13.0. The quantitative estimate of drug-likeness (QED) is 0.734. The second-order valence-corrected chi connectivity index (χ2v) is 9.00. The van der Waals surface area contributed by atoms with E-state index in [2.05, 4.69) is 10.0 Å². The van der Waals surface area contributed by atoms with Crippen molar-refractivity contribution in [2.75, 3.05) is 27.2 Å². The molecule has 0 spiro atoms. The van der Waals surface area contributed by atoms with Crippen molar-refractivity contribution in [3.05, 3.63) is 23.8 Å². The van der Waals surface area contributed by atoms with E-state index in [0.29, 0.717) is 12.1 Å². The van der Waals surface area contributed by atoms with E-state index in [-0.39, 0.29) is 28.6 Å². The summed E-state index contributed by atoms with van der Waals surface area (Å²) in [5, 5.41) is 3.12. The summed E-state index contributed by atoms with van der Waals surface area (Å²) in [6.45, 7) is 1.43. The Morgan fingerprint density at radius 2 is 1.96 bits per heavy atom. The molecule has 1 aromatic rings. The van der Waals surface area contributed by atoms with Crippen molar-refractivity contribution in [1.29, 1.82) is 0 Å². The Morgan fingerprint density at radius 3 is 2.63 bits per heavy atom. The number of nitrogens with one attached hydrogen (secondary N) is 2. The molecule has 3 rings (SSSR count). The van der Waals surface area contributed by atoms with Crippen LogP contribution in [-0.2, 0) is 10.0 Å². The normalized spacial score (nSPS) is 21.0. The number of hydrogen-bond acceptors (Lipinski definition) is 5. The maximum Gasteiger partial charge on any atom is 0.254 e. The first-order valence-electron chi connectivity index (χ1n) is 9.62. The minimum absolute atomic E-state index is 0.0344. The number of carbonyl (C=O) groups is 1. The van der Waals surface area contributed by atoms with Gasteiger partial charge in [-0.2, -0.15) is 0 Å². The fourth-order valence-corrected chi connectivity index (χ4v) is 5.56. The largest absolute Gasteiger partial charge is 0.495 e. The van der Waals surface area contributed by atoms with Crippen LogP contribution in [0.4, 0.5) is 0 Å². The van der Waals surface area contributed by atoms with Crippen molar-refractivity contribution in [3.8, 4) is 5.75 Å². The molecule has 1 unspecified atom stereocenters. The second kappa shape index (κ2) is 8.58. The smallest absolute Gasteiger partial charge is 0.254 e. The van der Waals surface area contributed by atoms with Crippen molar-refractivity contribution >= 4 is 15.9 Å². The fraction of sp³-hybridized carbons (Fsp3) is 0.632. The third-order valence-corrected chi connectivity index (χ3v) is 7.00. The number of hydrogen-bond donors (Lipinski definition) is 2. The molecule has 2 aliphatic rings. The van der Waals surface area contributed by atoms with Crippen molar-refractivity contribution < 1.29 is 17.9 Å². The standard InChI is InChI=1S/C19H29N3O4S/c1-20-13-16-8-5-11-22(16)19(23)14-9-10-17(26-2)18(12-14)27(24,25)21-15-6-3-4-7-15/h9-10,12,15-16,20-21H,3-8,11,13H2,1-2H3. The van der Waals surface area contributed by atoms with E-state index < -0.39 is 10.0 Å². The van der Waals surface area contributed by atoms with Gasteiger partial charge in [0.05, 0.1) is 7.11 Å². The minimum atomic E-state index is -3.75. The van der Waals surface area contributed by atoms with E-state index in [0.717, 1.165) is 45.1 Å². The Labute approximate surface area is 161 Å². The Hall–Kier alpha value is -1.64. The molecule has 150 valence electrons. The average Bonchev–Trinajstić information content (AvgIpc) is 3.32. The van der Waals surface area contributed by atoms with Gasteiger partial charge < -0.3 is 15.0 Å². The summed E-state index contributed by atoms with van der Waals surface area (Å²) in [6.07, 6.45) is 5.67. The molecule has 27 heavy (non-hydrogen) atoms. The van der Waals surface area contributed by atoms with Crippen LogP contribution in [0.25, 0.3) is 0 Å². The number of amides is 1. The zero-order valence-electron chi connectivity index (χ0n) is 16.0. The van der Waals surface area contributed by atoms with E-state index in [1.807, 2.05) is 11.9 Å². The first-order chi connectivity index (χ1) is 13.0. The SMILES string of the molecule is CNCC1CCCN1C(=O)c1ccc(OC)c(S(=O)(=O)NC2CCCC2)c1. The van der Waals surface area contributed by atoms with Crippen LogP contribution in [0.15, 0.2) is 23.1 Å². The number of benzene rings is 1. The van der Waals surface area contributed by atoms with Gasteiger partial charge in [-0.05, 0) is 50.9 Å². The van der Waals surface area contributed by atoms with Gasteiger partial charge >= 0.3 is 0 Å². The van der Waals surface area contributed by atoms with Crippen LogP contribution < -0.4 is 14.8 Å². The fourth-order valence-electron chi connectivity index (χ4n) is 4.06. The number of rotatable bonds is 7. The third kappa shape index (κ3) is 4.44. The number of likely N-dealkylation sites (tertiary alicyclic amines) is 1. The van der Waals surface area contributed by atoms with Crippen LogP contribution in [0.3, 0.4) is 0 Å². The highest BCUT2D eigenvalue weighted by atomic mass is 32.2. The van der Waals surface area contributed by atoms with E-state index in [4.69, 9.17) is 4.74 Å². The summed E-state index contributed by atoms with van der Waals surface area (Å²) >= 11 is 0. The summed E-state index contributed by atoms with van der Waals surface area (Å²) in [6, 6.07) is 4.76. The Balaban J connectivity index is 1.87. The molecule has 1 aliphatic carbocycles. The average molecular weight is 396 g/mol. The molecule has 1 aliphatic heterocycles. The van der Waals surface area contributed by atoms with E-state index in [9.17, 15) is 13.2 Å². The molecule has 1 saturated carbocycles. The lowest BCUT2D eigenvalue weighted by molar-refractivity contribution is 0.0736. The molecule has 1 aromatic carbocycles. The van der Waals surface area contributed by atoms with E-state index in [1.54, 1.807) is 12.1 Å². The van der Waals surface area contributed by atoms with Crippen LogP contribution in [0.5, 0.6) is 5.75 Å². The number of likely N-dealkylation sites (N-methyl/N-ethyl adjacent to an activating group) is 1. The predicted molar refractivity (Wildman–Crippen MR) is 104 cm³/mol. The Morgan fingerprint density at radius 1 is 1.22 bits per heavy atom. The van der Waals surface area contributed by atoms with Gasteiger partial charge in [0.2, 0.25) is 10.0 Å². The van der Waals surface area contributed by atoms with Crippen LogP contribution in [0.1, 0.15) is 48.9 Å². The molecule has 1 heterocycles.